The van der Waals surface area contributed by atoms with E-state index in [0.29, 0.717) is 0 Å². The van der Waals surface area contributed by atoms with Gasteiger partial charge in [0.2, 0.25) is 0 Å². The molecule has 0 aliphatic rings. The lowest BCUT2D eigenvalue weighted by atomic mass is 10.2. The van der Waals surface area contributed by atoms with Gasteiger partial charge in [-0.15, -0.1) is 0 Å². The summed E-state index contributed by atoms with van der Waals surface area (Å²) in [5.41, 5.74) is 0.0461. The molecule has 76 valence electrons. The lowest BCUT2D eigenvalue weighted by Crippen LogP contribution is -2.15. The Balaban J connectivity index is 2.71. The lowest BCUT2D eigenvalue weighted by Gasteiger charge is -1.99. The number of hydrogen-bond donors (Lipinski definition) is 2. The number of nitrogens with one attached hydrogen (secondary N) is 1. The van der Waals surface area contributed by atoms with E-state index in [1.165, 1.54) is 12.4 Å². The summed E-state index contributed by atoms with van der Waals surface area (Å²) in [5.74, 6) is -1.04. The molecule has 0 radical (unpaired) electrons. The number of carboxylic acids is 1. The van der Waals surface area contributed by atoms with Crippen LogP contribution >= 0.6 is 0 Å². The minimum absolute atomic E-state index is 0.101. The predicted octanol–water partition coefficient (Wildman–Crippen LogP) is -0.660. The van der Waals surface area contributed by atoms with Crippen molar-refractivity contribution in [2.24, 2.45) is 0 Å². The van der Waals surface area contributed by atoms with Crippen LogP contribution in [0.3, 0.4) is 0 Å². The number of aliphatic carboxylic acids is 1. The van der Waals surface area contributed by atoms with Crippen LogP contribution in [0, 0.1) is 0 Å². The molecule has 2 aromatic heterocycles. The third-order valence-electron chi connectivity index (χ3n) is 1.80. The molecule has 0 unspecified atom stereocenters. The second-order valence-electron chi connectivity index (χ2n) is 2.82. The number of hydrogen-bond acceptors (Lipinski definition) is 5. The molecular weight excluding hydrogens is 200 g/mol. The summed E-state index contributed by atoms with van der Waals surface area (Å²) in [5, 5.41) is 14.4. The highest BCUT2D eigenvalue weighted by molar-refractivity contribution is 5.80. The van der Waals surface area contributed by atoms with E-state index in [1.54, 1.807) is 0 Å². The Kier molecular flexibility index (Phi) is 2.13. The van der Waals surface area contributed by atoms with Gasteiger partial charge in [-0.3, -0.25) is 14.6 Å². The fraction of sp³-hybridized carbons (Fsp3) is 0.125. The van der Waals surface area contributed by atoms with Crippen molar-refractivity contribution in [1.82, 2.24) is 20.2 Å². The van der Waals surface area contributed by atoms with Crippen LogP contribution in [0.25, 0.3) is 11.0 Å². The average molecular weight is 206 g/mol. The van der Waals surface area contributed by atoms with Crippen LogP contribution in [-0.4, -0.2) is 31.2 Å². The molecule has 7 nitrogen and oxygen atoms in total. The quantitative estimate of drug-likeness (QED) is 0.675. The van der Waals surface area contributed by atoms with Crippen molar-refractivity contribution < 1.29 is 9.90 Å². The van der Waals surface area contributed by atoms with Crippen molar-refractivity contribution in [1.29, 1.82) is 0 Å². The molecule has 7 heteroatoms. The molecule has 0 spiro atoms. The Labute approximate surface area is 82.8 Å². The topological polar surface area (TPSA) is 109 Å². The van der Waals surface area contributed by atoms with Crippen molar-refractivity contribution in [3.63, 3.8) is 0 Å². The first-order valence-corrected chi connectivity index (χ1v) is 4.08. The van der Waals surface area contributed by atoms with E-state index >= 15 is 0 Å². The third-order valence-corrected chi connectivity index (χ3v) is 1.80. The number of aromatic amines is 1. The van der Waals surface area contributed by atoms with Crippen molar-refractivity contribution >= 4 is 17.0 Å². The molecule has 0 aromatic carbocycles. The highest BCUT2D eigenvalue weighted by Crippen LogP contribution is 2.06. The van der Waals surface area contributed by atoms with Crippen LogP contribution < -0.4 is 5.56 Å². The fourth-order valence-electron chi connectivity index (χ4n) is 1.21. The van der Waals surface area contributed by atoms with Crippen LogP contribution in [0.15, 0.2) is 17.2 Å². The molecule has 0 saturated carbocycles. The van der Waals surface area contributed by atoms with Gasteiger partial charge < -0.3 is 5.11 Å². The summed E-state index contributed by atoms with van der Waals surface area (Å²) < 4.78 is 0. The first-order valence-electron chi connectivity index (χ1n) is 4.08. The summed E-state index contributed by atoms with van der Waals surface area (Å²) in [6, 6.07) is 0. The molecule has 0 aliphatic carbocycles. The summed E-state index contributed by atoms with van der Waals surface area (Å²) in [7, 11) is 0. The molecule has 0 amide bonds. The van der Waals surface area contributed by atoms with Gasteiger partial charge in [-0.2, -0.15) is 5.10 Å². The molecule has 2 heterocycles. The number of fused-ring (bicyclic) bond motifs is 1. The van der Waals surface area contributed by atoms with E-state index in [2.05, 4.69) is 20.2 Å². The summed E-state index contributed by atoms with van der Waals surface area (Å²) in [6.45, 7) is 0. The standard InChI is InChI=1S/C8H6N4O3/c13-5(14)3-4-6-7(8(15)12-11-4)10-2-1-9-6/h1-2H,3H2,(H,12,15)(H,13,14). The summed E-state index contributed by atoms with van der Waals surface area (Å²) >= 11 is 0. The van der Waals surface area contributed by atoms with Gasteiger partial charge >= 0.3 is 5.97 Å². The normalized spacial score (nSPS) is 10.4. The van der Waals surface area contributed by atoms with Gasteiger partial charge in [-0.25, -0.2) is 10.1 Å². The molecule has 2 rings (SSSR count). The van der Waals surface area contributed by atoms with Gasteiger partial charge in [0.05, 0.1) is 12.1 Å². The van der Waals surface area contributed by atoms with E-state index in [0.717, 1.165) is 0 Å². The molecule has 0 aliphatic heterocycles. The van der Waals surface area contributed by atoms with Crippen LogP contribution in [0.5, 0.6) is 0 Å². The van der Waals surface area contributed by atoms with Gasteiger partial charge in [0.25, 0.3) is 5.56 Å². The molecule has 0 bridgehead atoms. The molecule has 0 atom stereocenters. The maximum absolute atomic E-state index is 11.2. The number of carboxylic acid groups (broad SMARTS) is 1. The molecule has 0 fully saturated rings. The van der Waals surface area contributed by atoms with Gasteiger partial charge in [-0.1, -0.05) is 0 Å². The summed E-state index contributed by atoms with van der Waals surface area (Å²) in [6.07, 6.45) is 2.45. The number of rotatable bonds is 2. The van der Waals surface area contributed by atoms with E-state index in [4.69, 9.17) is 5.11 Å². The van der Waals surface area contributed by atoms with Crippen LogP contribution in [0.4, 0.5) is 0 Å². The van der Waals surface area contributed by atoms with Crippen LogP contribution in [-0.2, 0) is 11.2 Å². The number of nitrogens with zero attached hydrogens (tertiary/aromatic N) is 3. The predicted molar refractivity (Wildman–Crippen MR) is 49.3 cm³/mol. The Bertz CT molecular complexity index is 577. The Hall–Kier alpha value is -2.31. The van der Waals surface area contributed by atoms with Crippen molar-refractivity contribution in [2.45, 2.75) is 6.42 Å². The van der Waals surface area contributed by atoms with E-state index < -0.39 is 11.5 Å². The van der Waals surface area contributed by atoms with E-state index in [1.807, 2.05) is 0 Å². The molecular formula is C8H6N4O3. The molecule has 15 heavy (non-hydrogen) atoms. The van der Waals surface area contributed by atoms with Gasteiger partial charge in [0.1, 0.15) is 5.52 Å². The monoisotopic (exact) mass is 206 g/mol. The SMILES string of the molecule is O=C(O)Cc1n[nH]c(=O)c2nccnc12. The fourth-order valence-corrected chi connectivity index (χ4v) is 1.21. The first kappa shape index (κ1) is 9.25. The van der Waals surface area contributed by atoms with E-state index in [9.17, 15) is 9.59 Å². The smallest absolute Gasteiger partial charge is 0.309 e. The molecule has 2 N–H and O–H groups in total. The number of carbonyl (C=O) groups is 1. The van der Waals surface area contributed by atoms with Crippen LogP contribution in [0.1, 0.15) is 5.69 Å². The Morgan fingerprint density at radius 2 is 2.00 bits per heavy atom. The van der Waals surface area contributed by atoms with Gasteiger partial charge in [0.15, 0.2) is 5.52 Å². The highest BCUT2D eigenvalue weighted by Gasteiger charge is 2.11. The van der Waals surface area contributed by atoms with Crippen molar-refractivity contribution in [3.05, 3.63) is 28.4 Å². The third kappa shape index (κ3) is 1.66. The zero-order valence-electron chi connectivity index (χ0n) is 7.47. The highest BCUT2D eigenvalue weighted by atomic mass is 16.4. The zero-order chi connectivity index (χ0) is 10.8. The second-order valence-corrected chi connectivity index (χ2v) is 2.82. The number of aromatic nitrogens is 4. The van der Waals surface area contributed by atoms with Crippen molar-refractivity contribution in [3.8, 4) is 0 Å². The number of H-pyrrole nitrogens is 1. The van der Waals surface area contributed by atoms with Crippen molar-refractivity contribution in [2.75, 3.05) is 0 Å². The first-order chi connectivity index (χ1) is 7.18. The minimum Gasteiger partial charge on any atom is -0.481 e. The maximum Gasteiger partial charge on any atom is 0.309 e. The molecule has 0 saturated heterocycles. The average Bonchev–Trinajstić information content (AvgIpc) is 2.22. The molecule has 2 aromatic rings. The largest absolute Gasteiger partial charge is 0.481 e. The Morgan fingerprint density at radius 3 is 2.67 bits per heavy atom. The zero-order valence-corrected chi connectivity index (χ0v) is 7.47. The Morgan fingerprint density at radius 1 is 1.33 bits per heavy atom. The lowest BCUT2D eigenvalue weighted by molar-refractivity contribution is -0.136. The van der Waals surface area contributed by atoms with Gasteiger partial charge in [-0.05, 0) is 0 Å². The maximum atomic E-state index is 11.2. The summed E-state index contributed by atoms with van der Waals surface area (Å²) in [4.78, 5) is 29.5. The second kappa shape index (κ2) is 3.45. The van der Waals surface area contributed by atoms with Crippen LogP contribution in [0.2, 0.25) is 0 Å². The van der Waals surface area contributed by atoms with E-state index in [-0.39, 0.29) is 23.1 Å². The minimum atomic E-state index is -1.04. The van der Waals surface area contributed by atoms with Gasteiger partial charge in [0, 0.05) is 12.4 Å².